The lowest BCUT2D eigenvalue weighted by Gasteiger charge is -2.10. The highest BCUT2D eigenvalue weighted by molar-refractivity contribution is 7.90. The van der Waals surface area contributed by atoms with Crippen molar-refractivity contribution in [1.82, 2.24) is 5.32 Å². The zero-order valence-electron chi connectivity index (χ0n) is 11.1. The largest absolute Gasteiger partial charge is 0.489 e. The molecular weight excluding hydrogens is 262 g/mol. The molecule has 104 valence electrons. The third-order valence-corrected chi connectivity index (χ3v) is 4.00. The highest BCUT2D eigenvalue weighted by Crippen LogP contribution is 2.19. The van der Waals surface area contributed by atoms with Gasteiger partial charge in [0.25, 0.3) is 0 Å². The molecule has 4 nitrogen and oxygen atoms in total. The number of ether oxygens (including phenoxy) is 1. The van der Waals surface area contributed by atoms with E-state index in [1.54, 1.807) is 18.2 Å². The number of rotatable bonds is 7. The van der Waals surface area contributed by atoms with Crippen molar-refractivity contribution in [2.45, 2.75) is 23.8 Å². The van der Waals surface area contributed by atoms with Gasteiger partial charge in [-0.2, -0.15) is 0 Å². The van der Waals surface area contributed by atoms with E-state index in [1.165, 1.54) is 25.2 Å². The summed E-state index contributed by atoms with van der Waals surface area (Å²) in [4.78, 5) is 0.270. The zero-order valence-corrected chi connectivity index (χ0v) is 11.9. The van der Waals surface area contributed by atoms with Crippen LogP contribution in [0.25, 0.3) is 0 Å². The molecule has 1 saturated carbocycles. The summed E-state index contributed by atoms with van der Waals surface area (Å²) in [5.74, 6) is 0.551. The smallest absolute Gasteiger partial charge is 0.175 e. The fourth-order valence-electron chi connectivity index (χ4n) is 1.61. The summed E-state index contributed by atoms with van der Waals surface area (Å²) in [5, 5.41) is 3.35. The van der Waals surface area contributed by atoms with Crippen LogP contribution in [-0.2, 0) is 9.84 Å². The van der Waals surface area contributed by atoms with Crippen molar-refractivity contribution in [3.05, 3.63) is 36.4 Å². The molecule has 5 heteroatoms. The number of hydrogen-bond donors (Lipinski definition) is 1. The van der Waals surface area contributed by atoms with E-state index >= 15 is 0 Å². The Morgan fingerprint density at radius 2 is 2.21 bits per heavy atom. The molecule has 2 rings (SSSR count). The molecule has 0 heterocycles. The normalized spacial score (nSPS) is 15.2. The van der Waals surface area contributed by atoms with Gasteiger partial charge in [0.15, 0.2) is 9.84 Å². The molecule has 0 aliphatic heterocycles. The second-order valence-corrected chi connectivity index (χ2v) is 6.96. The van der Waals surface area contributed by atoms with E-state index in [-0.39, 0.29) is 4.90 Å². The van der Waals surface area contributed by atoms with Crippen molar-refractivity contribution in [3.8, 4) is 5.75 Å². The highest BCUT2D eigenvalue weighted by atomic mass is 32.2. The monoisotopic (exact) mass is 281 g/mol. The number of benzene rings is 1. The van der Waals surface area contributed by atoms with Gasteiger partial charge in [-0.3, -0.25) is 0 Å². The van der Waals surface area contributed by atoms with E-state index in [1.807, 2.05) is 0 Å². The molecule has 0 saturated heterocycles. The second-order valence-electron chi connectivity index (χ2n) is 4.94. The lowest BCUT2D eigenvalue weighted by atomic mass is 10.3. The van der Waals surface area contributed by atoms with Crippen LogP contribution in [0.15, 0.2) is 41.3 Å². The fraction of sp³-hybridized carbons (Fsp3) is 0.429. The van der Waals surface area contributed by atoms with Gasteiger partial charge in [-0.05, 0) is 36.6 Å². The van der Waals surface area contributed by atoms with Gasteiger partial charge in [-0.1, -0.05) is 12.6 Å². The van der Waals surface area contributed by atoms with Gasteiger partial charge in [0.1, 0.15) is 12.4 Å². The number of sulfone groups is 1. The molecule has 0 amide bonds. The van der Waals surface area contributed by atoms with Crippen LogP contribution in [0.3, 0.4) is 0 Å². The Bertz CT molecular complexity index is 562. The lowest BCUT2D eigenvalue weighted by molar-refractivity contribution is 0.347. The minimum atomic E-state index is -3.19. The van der Waals surface area contributed by atoms with Crippen LogP contribution >= 0.6 is 0 Å². The van der Waals surface area contributed by atoms with Crippen molar-refractivity contribution in [2.75, 3.05) is 19.4 Å². The molecule has 19 heavy (non-hydrogen) atoms. The first-order valence-electron chi connectivity index (χ1n) is 6.28. The summed E-state index contributed by atoms with van der Waals surface area (Å²) in [7, 11) is -3.19. The topological polar surface area (TPSA) is 55.4 Å². The summed E-state index contributed by atoms with van der Waals surface area (Å²) in [6.45, 7) is 5.08. The van der Waals surface area contributed by atoms with Gasteiger partial charge in [-0.25, -0.2) is 8.42 Å². The maximum Gasteiger partial charge on any atom is 0.175 e. The van der Waals surface area contributed by atoms with Crippen molar-refractivity contribution in [1.29, 1.82) is 0 Å². The molecule has 1 aromatic rings. The Balaban J connectivity index is 1.86. The van der Waals surface area contributed by atoms with Crippen LogP contribution in [0.2, 0.25) is 0 Å². The maximum atomic E-state index is 11.4. The fourth-order valence-corrected chi connectivity index (χ4v) is 2.26. The quantitative estimate of drug-likeness (QED) is 0.774. The van der Waals surface area contributed by atoms with Crippen LogP contribution < -0.4 is 10.1 Å². The van der Waals surface area contributed by atoms with E-state index in [0.29, 0.717) is 18.4 Å². The van der Waals surface area contributed by atoms with Gasteiger partial charge >= 0.3 is 0 Å². The average molecular weight is 281 g/mol. The molecule has 0 atom stereocenters. The average Bonchev–Trinajstić information content (AvgIpc) is 3.17. The standard InChI is InChI=1S/C14H19NO3S/c1-11(9-15-12-6-7-12)10-18-13-4-3-5-14(8-13)19(2,16)17/h3-5,8,12,15H,1,6-7,9-10H2,2H3. The molecule has 0 bridgehead atoms. The van der Waals surface area contributed by atoms with Crippen LogP contribution in [-0.4, -0.2) is 33.9 Å². The molecule has 0 spiro atoms. The maximum absolute atomic E-state index is 11.4. The summed E-state index contributed by atoms with van der Waals surface area (Å²) in [5.41, 5.74) is 0.955. The second kappa shape index (κ2) is 5.75. The molecule has 0 aromatic heterocycles. The van der Waals surface area contributed by atoms with E-state index in [2.05, 4.69) is 11.9 Å². The van der Waals surface area contributed by atoms with Gasteiger partial charge in [0, 0.05) is 18.8 Å². The molecule has 0 unspecified atom stereocenters. The van der Waals surface area contributed by atoms with Crippen molar-refractivity contribution in [3.63, 3.8) is 0 Å². The summed E-state index contributed by atoms with van der Waals surface area (Å²) in [6.07, 6.45) is 3.67. The molecule has 1 aromatic carbocycles. The molecule has 1 N–H and O–H groups in total. The minimum absolute atomic E-state index is 0.270. The van der Waals surface area contributed by atoms with Gasteiger partial charge < -0.3 is 10.1 Å². The van der Waals surface area contributed by atoms with E-state index in [9.17, 15) is 8.42 Å². The summed E-state index contributed by atoms with van der Waals surface area (Å²) >= 11 is 0. The van der Waals surface area contributed by atoms with Crippen molar-refractivity contribution >= 4 is 9.84 Å². The van der Waals surface area contributed by atoms with Gasteiger partial charge in [0.05, 0.1) is 4.90 Å². The molecule has 1 aliphatic carbocycles. The molecule has 0 radical (unpaired) electrons. The van der Waals surface area contributed by atoms with Gasteiger partial charge in [0.2, 0.25) is 0 Å². The highest BCUT2D eigenvalue weighted by Gasteiger charge is 2.20. The molecule has 1 aliphatic rings. The van der Waals surface area contributed by atoms with Crippen molar-refractivity contribution < 1.29 is 13.2 Å². The first-order valence-corrected chi connectivity index (χ1v) is 8.17. The SMILES string of the molecule is C=C(CNC1CC1)COc1cccc(S(C)(=O)=O)c1. The van der Waals surface area contributed by atoms with Crippen molar-refractivity contribution in [2.24, 2.45) is 0 Å². The molecular formula is C14H19NO3S. The Hall–Kier alpha value is -1.33. The first kappa shape index (κ1) is 14.1. The predicted octanol–water partition coefficient (Wildman–Crippen LogP) is 1.78. The molecule has 1 fully saturated rings. The Morgan fingerprint density at radius 1 is 1.47 bits per heavy atom. The lowest BCUT2D eigenvalue weighted by Crippen LogP contribution is -2.21. The zero-order chi connectivity index (χ0) is 13.9. The van der Waals surface area contributed by atoms with E-state index < -0.39 is 9.84 Å². The van der Waals surface area contributed by atoms with Gasteiger partial charge in [-0.15, -0.1) is 0 Å². The minimum Gasteiger partial charge on any atom is -0.489 e. The third kappa shape index (κ3) is 4.69. The van der Waals surface area contributed by atoms with Crippen LogP contribution in [0.1, 0.15) is 12.8 Å². The van der Waals surface area contributed by atoms with Crippen LogP contribution in [0.4, 0.5) is 0 Å². The summed E-state index contributed by atoms with van der Waals surface area (Å²) < 4.78 is 28.4. The van der Waals surface area contributed by atoms with Crippen LogP contribution in [0, 0.1) is 0 Å². The Labute approximate surface area is 114 Å². The first-order chi connectivity index (χ1) is 8.95. The predicted molar refractivity (Wildman–Crippen MR) is 75.2 cm³/mol. The van der Waals surface area contributed by atoms with E-state index in [4.69, 9.17) is 4.74 Å². The van der Waals surface area contributed by atoms with E-state index in [0.717, 1.165) is 12.1 Å². The number of hydrogen-bond acceptors (Lipinski definition) is 4. The third-order valence-electron chi connectivity index (χ3n) is 2.89. The van der Waals surface area contributed by atoms with Crippen LogP contribution in [0.5, 0.6) is 5.75 Å². The number of nitrogens with one attached hydrogen (secondary N) is 1. The Kier molecular flexibility index (Phi) is 4.27. The summed E-state index contributed by atoms with van der Waals surface area (Å²) in [6, 6.07) is 7.17. The Morgan fingerprint density at radius 3 is 2.84 bits per heavy atom.